The van der Waals surface area contributed by atoms with Gasteiger partial charge in [-0.15, -0.1) is 13.2 Å². The largest absolute Gasteiger partial charge is 0.573 e. The third-order valence-corrected chi connectivity index (χ3v) is 7.79. The Morgan fingerprint density at radius 3 is 2.61 bits per heavy atom. The number of furan rings is 1. The zero-order valence-corrected chi connectivity index (χ0v) is 20.5. The Kier molecular flexibility index (Phi) is 6.80. The van der Waals surface area contributed by atoms with Crippen LogP contribution in [0.15, 0.2) is 76.5 Å². The molecule has 1 aliphatic rings. The molecule has 38 heavy (non-hydrogen) atoms. The fourth-order valence-corrected chi connectivity index (χ4v) is 5.87. The number of nitrogens with zero attached hydrogens (tertiary/aromatic N) is 3. The highest BCUT2D eigenvalue weighted by atomic mass is 32.2. The number of hydrogen-bond donors (Lipinski definition) is 1. The van der Waals surface area contributed by atoms with Crippen LogP contribution >= 0.6 is 0 Å². The molecule has 9 nitrogen and oxygen atoms in total. The summed E-state index contributed by atoms with van der Waals surface area (Å²) >= 11 is 0. The number of nitrogens with one attached hydrogen (secondary N) is 1. The summed E-state index contributed by atoms with van der Waals surface area (Å²) in [6, 6.07) is 14.2. The van der Waals surface area contributed by atoms with Crippen molar-refractivity contribution in [2.45, 2.75) is 36.9 Å². The molecule has 13 heteroatoms. The summed E-state index contributed by atoms with van der Waals surface area (Å²) in [5, 5.41) is 3.15. The summed E-state index contributed by atoms with van der Waals surface area (Å²) in [6.07, 6.45) is -2.65. The molecule has 5 rings (SSSR count). The first-order valence-corrected chi connectivity index (χ1v) is 13.0. The minimum atomic E-state index is -4.79. The molecule has 2 aromatic carbocycles. The van der Waals surface area contributed by atoms with Crippen molar-refractivity contribution >= 4 is 26.9 Å². The predicted molar refractivity (Wildman–Crippen MR) is 129 cm³/mol. The minimum Gasteiger partial charge on any atom is -0.443 e. The van der Waals surface area contributed by atoms with Crippen LogP contribution in [0, 0.1) is 0 Å². The van der Waals surface area contributed by atoms with E-state index in [9.17, 15) is 26.4 Å². The number of halogens is 3. The van der Waals surface area contributed by atoms with E-state index in [0.29, 0.717) is 40.8 Å². The quantitative estimate of drug-likeness (QED) is 0.368. The van der Waals surface area contributed by atoms with E-state index in [1.807, 2.05) is 0 Å². The smallest absolute Gasteiger partial charge is 0.443 e. The number of para-hydroxylation sites is 1. The van der Waals surface area contributed by atoms with Crippen LogP contribution in [0.4, 0.5) is 13.2 Å². The van der Waals surface area contributed by atoms with Gasteiger partial charge in [-0.2, -0.15) is 4.31 Å². The van der Waals surface area contributed by atoms with Crippen molar-refractivity contribution < 1.29 is 35.5 Å². The molecule has 0 spiro atoms. The maximum Gasteiger partial charge on any atom is 0.573 e. The van der Waals surface area contributed by atoms with Crippen LogP contribution < -0.4 is 10.1 Å². The van der Waals surface area contributed by atoms with E-state index in [4.69, 9.17) is 4.42 Å². The summed E-state index contributed by atoms with van der Waals surface area (Å²) < 4.78 is 74.2. The molecule has 0 bridgehead atoms. The molecule has 1 amide bonds. The zero-order chi connectivity index (χ0) is 26.9. The van der Waals surface area contributed by atoms with E-state index < -0.39 is 28.3 Å². The number of benzene rings is 2. The number of amides is 1. The van der Waals surface area contributed by atoms with E-state index in [-0.39, 0.29) is 23.9 Å². The highest BCUT2D eigenvalue weighted by Gasteiger charge is 2.41. The number of carbonyl (C=O) groups is 1. The second-order valence-electron chi connectivity index (χ2n) is 8.56. The Hall–Kier alpha value is -3.97. The average Bonchev–Trinajstić information content (AvgIpc) is 3.55. The van der Waals surface area contributed by atoms with E-state index in [0.717, 1.165) is 4.31 Å². The lowest BCUT2D eigenvalue weighted by atomic mass is 10.1. The zero-order valence-electron chi connectivity index (χ0n) is 19.7. The van der Waals surface area contributed by atoms with Crippen molar-refractivity contribution in [3.8, 4) is 17.0 Å². The van der Waals surface area contributed by atoms with Gasteiger partial charge in [0.1, 0.15) is 23.7 Å². The molecule has 0 saturated carbocycles. The molecule has 4 aromatic rings. The van der Waals surface area contributed by atoms with Gasteiger partial charge in [-0.3, -0.25) is 4.79 Å². The Morgan fingerprint density at radius 1 is 1.11 bits per heavy atom. The van der Waals surface area contributed by atoms with Gasteiger partial charge in [0, 0.05) is 23.6 Å². The lowest BCUT2D eigenvalue weighted by Crippen LogP contribution is -2.45. The molecule has 3 heterocycles. The molecule has 0 unspecified atom stereocenters. The van der Waals surface area contributed by atoms with Gasteiger partial charge < -0.3 is 14.5 Å². The third-order valence-electron chi connectivity index (χ3n) is 6.02. The van der Waals surface area contributed by atoms with Crippen molar-refractivity contribution in [3.63, 3.8) is 0 Å². The van der Waals surface area contributed by atoms with Crippen molar-refractivity contribution in [2.24, 2.45) is 0 Å². The van der Waals surface area contributed by atoms with Crippen molar-refractivity contribution in [2.75, 3.05) is 6.54 Å². The van der Waals surface area contributed by atoms with E-state index in [1.165, 1.54) is 36.7 Å². The molecule has 198 valence electrons. The van der Waals surface area contributed by atoms with Gasteiger partial charge in [-0.1, -0.05) is 18.2 Å². The molecule has 0 radical (unpaired) electrons. The SMILES string of the molecule is O=C(NCc1cc(-c2ccc(OC(F)(F)F)cc2)ncn1)[C@@H]1CCCN1S(=O)(=O)c1cc2ccccc2o1. The number of hydrogen-bond acceptors (Lipinski definition) is 7. The standard InChI is InChI=1S/C25H21F3N4O5S/c26-25(27,28)37-19-9-7-16(8-10-19)20-13-18(30-15-31-20)14-29-24(33)21-5-3-11-32(21)38(34,35)23-12-17-4-1-2-6-22(17)36-23/h1-2,4,6-10,12-13,15,21H,3,5,11,14H2,(H,29,33)/t21-/m0/s1. The molecule has 2 aromatic heterocycles. The fraction of sp³-hybridized carbons (Fsp3) is 0.240. The highest BCUT2D eigenvalue weighted by Crippen LogP contribution is 2.30. The molecule has 1 saturated heterocycles. The maximum atomic E-state index is 13.3. The Morgan fingerprint density at radius 2 is 1.87 bits per heavy atom. The van der Waals surface area contributed by atoms with Gasteiger partial charge in [0.25, 0.3) is 10.0 Å². The third kappa shape index (κ3) is 5.48. The van der Waals surface area contributed by atoms with Crippen LogP contribution in [0.3, 0.4) is 0 Å². The lowest BCUT2D eigenvalue weighted by molar-refractivity contribution is -0.274. The number of ether oxygens (including phenoxy) is 1. The molecule has 0 aliphatic carbocycles. The maximum absolute atomic E-state index is 13.3. The first-order chi connectivity index (χ1) is 18.1. The Balaban J connectivity index is 1.26. The van der Waals surface area contributed by atoms with Gasteiger partial charge in [0.05, 0.1) is 17.9 Å². The first kappa shape index (κ1) is 25.7. The number of carbonyl (C=O) groups excluding carboxylic acids is 1. The van der Waals surface area contributed by atoms with Crippen LogP contribution in [0.5, 0.6) is 5.75 Å². The summed E-state index contributed by atoms with van der Waals surface area (Å²) in [7, 11) is -4.04. The van der Waals surface area contributed by atoms with Crippen molar-refractivity contribution in [3.05, 3.63) is 72.7 Å². The summed E-state index contributed by atoms with van der Waals surface area (Å²) in [6.45, 7) is 0.182. The first-order valence-electron chi connectivity index (χ1n) is 11.6. The van der Waals surface area contributed by atoms with Gasteiger partial charge in [0.2, 0.25) is 11.0 Å². The van der Waals surface area contributed by atoms with Crippen LogP contribution in [-0.4, -0.2) is 47.5 Å². The summed E-state index contributed by atoms with van der Waals surface area (Å²) in [4.78, 5) is 21.2. The predicted octanol–water partition coefficient (Wildman–Crippen LogP) is 4.26. The van der Waals surface area contributed by atoms with Crippen LogP contribution in [0.25, 0.3) is 22.2 Å². The normalized spacial score (nSPS) is 16.6. The second kappa shape index (κ2) is 10.1. The minimum absolute atomic E-state index is 0.00134. The van der Waals surface area contributed by atoms with Gasteiger partial charge >= 0.3 is 6.36 Å². The number of aromatic nitrogens is 2. The molecule has 1 aliphatic heterocycles. The fourth-order valence-electron chi connectivity index (χ4n) is 4.27. The van der Waals surface area contributed by atoms with Crippen molar-refractivity contribution in [1.82, 2.24) is 19.6 Å². The van der Waals surface area contributed by atoms with Crippen LogP contribution in [0.2, 0.25) is 0 Å². The van der Waals surface area contributed by atoms with Crippen LogP contribution in [-0.2, 0) is 21.4 Å². The second-order valence-corrected chi connectivity index (χ2v) is 10.4. The lowest BCUT2D eigenvalue weighted by Gasteiger charge is -2.22. The topological polar surface area (TPSA) is 115 Å². The number of sulfonamides is 1. The summed E-state index contributed by atoms with van der Waals surface area (Å²) in [5.74, 6) is -0.836. The van der Waals surface area contributed by atoms with E-state index >= 15 is 0 Å². The molecule has 1 N–H and O–H groups in total. The molecular formula is C25H21F3N4O5S. The number of rotatable bonds is 7. The monoisotopic (exact) mass is 546 g/mol. The molecular weight excluding hydrogens is 525 g/mol. The van der Waals surface area contributed by atoms with Gasteiger partial charge in [0.15, 0.2) is 0 Å². The average molecular weight is 547 g/mol. The van der Waals surface area contributed by atoms with Gasteiger partial charge in [-0.05, 0) is 49.2 Å². The van der Waals surface area contributed by atoms with Crippen LogP contribution in [0.1, 0.15) is 18.5 Å². The summed E-state index contributed by atoms with van der Waals surface area (Å²) in [5.41, 5.74) is 1.82. The Labute approximate surface area is 215 Å². The number of alkyl halides is 3. The molecule has 1 atom stereocenters. The van der Waals surface area contributed by atoms with Gasteiger partial charge in [-0.25, -0.2) is 18.4 Å². The Bertz CT molecular complexity index is 1540. The highest BCUT2D eigenvalue weighted by molar-refractivity contribution is 7.89. The number of fused-ring (bicyclic) bond motifs is 1. The van der Waals surface area contributed by atoms with E-state index in [1.54, 1.807) is 30.3 Å². The molecule has 1 fully saturated rings. The van der Waals surface area contributed by atoms with E-state index in [2.05, 4.69) is 20.0 Å². The van der Waals surface area contributed by atoms with Crippen molar-refractivity contribution in [1.29, 1.82) is 0 Å².